The highest BCUT2D eigenvalue weighted by Gasteiger charge is 1.92. The van der Waals surface area contributed by atoms with Crippen LogP contribution >= 0.6 is 15.9 Å². The first-order valence-corrected chi connectivity index (χ1v) is 3.23. The van der Waals surface area contributed by atoms with E-state index >= 15 is 0 Å². The molecule has 1 nitrogen and oxygen atoms in total. The Morgan fingerprint density at radius 2 is 2.11 bits per heavy atom. The van der Waals surface area contributed by atoms with Gasteiger partial charge in [0.15, 0.2) is 0 Å². The van der Waals surface area contributed by atoms with Crippen LogP contribution in [-0.4, -0.2) is 5.11 Å². The van der Waals surface area contributed by atoms with Crippen LogP contribution in [0.5, 0.6) is 5.75 Å². The van der Waals surface area contributed by atoms with E-state index in [1.54, 1.807) is 12.1 Å². The van der Waals surface area contributed by atoms with E-state index in [1.165, 1.54) is 6.07 Å². The number of hydrogen-bond donors (Lipinski definition) is 1. The molecule has 0 aliphatic carbocycles. The molecule has 1 rings (SSSR count). The Balaban J connectivity index is 3.17. The van der Waals surface area contributed by atoms with Crippen molar-refractivity contribution < 1.29 is 5.11 Å². The zero-order chi connectivity index (χ0) is 6.85. The summed E-state index contributed by atoms with van der Waals surface area (Å²) in [5.41, 5.74) is 0.551. The maximum absolute atomic E-state index is 8.84. The summed E-state index contributed by atoms with van der Waals surface area (Å²) in [5, 5.41) is 8.84. The molecule has 46 valence electrons. The molecule has 0 spiro atoms. The molecule has 1 aromatic carbocycles. The number of phenolic OH excluding ortho intramolecular Hbond substituents is 1. The maximum Gasteiger partial charge on any atom is 0.115 e. The minimum absolute atomic E-state index is 0.190. The van der Waals surface area contributed by atoms with Gasteiger partial charge in [-0.15, -0.1) is 0 Å². The third-order valence-corrected chi connectivity index (χ3v) is 1.70. The Labute approximate surface area is 62.5 Å². The minimum atomic E-state index is 0.190. The van der Waals surface area contributed by atoms with Crippen molar-refractivity contribution >= 4 is 15.9 Å². The second kappa shape index (κ2) is 2.40. The van der Waals surface area contributed by atoms with Crippen LogP contribution in [0.1, 0.15) is 5.56 Å². The van der Waals surface area contributed by atoms with Crippen molar-refractivity contribution in [3.05, 3.63) is 35.2 Å². The fourth-order valence-electron chi connectivity index (χ4n) is 0.531. The largest absolute Gasteiger partial charge is 0.508 e. The fraction of sp³-hybridized carbons (Fsp3) is 0. The predicted octanol–water partition coefficient (Wildman–Crippen LogP) is 2.21. The van der Waals surface area contributed by atoms with Crippen LogP contribution in [0.3, 0.4) is 0 Å². The molecule has 0 bridgehead atoms. The van der Waals surface area contributed by atoms with Gasteiger partial charge in [0.25, 0.3) is 0 Å². The highest BCUT2D eigenvalue weighted by atomic mass is 79.9. The van der Waals surface area contributed by atoms with Crippen LogP contribution in [0.15, 0.2) is 22.7 Å². The molecule has 0 saturated heterocycles. The van der Waals surface area contributed by atoms with Crippen molar-refractivity contribution in [2.45, 2.75) is 0 Å². The van der Waals surface area contributed by atoms with Gasteiger partial charge in [-0.25, -0.2) is 0 Å². The molecule has 0 heterocycles. The van der Waals surface area contributed by atoms with Crippen LogP contribution in [0.2, 0.25) is 0 Å². The molecule has 0 fully saturated rings. The summed E-state index contributed by atoms with van der Waals surface area (Å²) in [6.07, 6.45) is 0. The van der Waals surface area contributed by atoms with Crippen molar-refractivity contribution in [1.82, 2.24) is 0 Å². The fourth-order valence-corrected chi connectivity index (χ4v) is 0.778. The normalized spacial score (nSPS) is 9.56. The number of aromatic hydroxyl groups is 1. The summed E-state index contributed by atoms with van der Waals surface area (Å²) >= 11 is 3.19. The van der Waals surface area contributed by atoms with Gasteiger partial charge in [-0.3, -0.25) is 0 Å². The van der Waals surface area contributed by atoms with Crippen LogP contribution in [-0.2, 0) is 0 Å². The van der Waals surface area contributed by atoms with E-state index in [0.29, 0.717) is 5.56 Å². The van der Waals surface area contributed by atoms with E-state index in [2.05, 4.69) is 15.9 Å². The number of phenols is 1. The topological polar surface area (TPSA) is 20.2 Å². The van der Waals surface area contributed by atoms with E-state index in [4.69, 9.17) is 12.0 Å². The van der Waals surface area contributed by atoms with E-state index in [1.807, 2.05) is 0 Å². The molecule has 2 heteroatoms. The Morgan fingerprint density at radius 1 is 1.44 bits per heavy atom. The highest BCUT2D eigenvalue weighted by molar-refractivity contribution is 9.10. The van der Waals surface area contributed by atoms with Gasteiger partial charge in [0.2, 0.25) is 0 Å². The molecule has 9 heavy (non-hydrogen) atoms. The monoisotopic (exact) mass is 184 g/mol. The zero-order valence-electron chi connectivity index (χ0n) is 4.63. The average Bonchev–Trinajstić information content (AvgIpc) is 1.80. The molecule has 0 unspecified atom stereocenters. The average molecular weight is 185 g/mol. The highest BCUT2D eigenvalue weighted by Crippen LogP contribution is 2.19. The van der Waals surface area contributed by atoms with Gasteiger partial charge in [0.1, 0.15) is 5.75 Å². The van der Waals surface area contributed by atoms with Crippen molar-refractivity contribution in [3.8, 4) is 5.75 Å². The molecule has 0 aliphatic heterocycles. The van der Waals surface area contributed by atoms with Crippen LogP contribution in [0.4, 0.5) is 0 Å². The lowest BCUT2D eigenvalue weighted by Crippen LogP contribution is -1.72. The van der Waals surface area contributed by atoms with E-state index in [9.17, 15) is 0 Å². The third kappa shape index (κ3) is 1.45. The Bertz CT molecular complexity index is 220. The summed E-state index contributed by atoms with van der Waals surface area (Å²) in [7, 11) is 0. The van der Waals surface area contributed by atoms with Gasteiger partial charge in [0.05, 0.1) is 0 Å². The van der Waals surface area contributed by atoms with Gasteiger partial charge in [-0.05, 0) is 23.8 Å². The van der Waals surface area contributed by atoms with E-state index in [-0.39, 0.29) is 5.75 Å². The van der Waals surface area contributed by atoms with Gasteiger partial charge in [-0.2, -0.15) is 0 Å². The SMILES string of the molecule is [CH]c1cc(O)ccc1Br. The molecule has 0 saturated carbocycles. The summed E-state index contributed by atoms with van der Waals surface area (Å²) in [5.74, 6) is 0.190. The first-order chi connectivity index (χ1) is 4.20. The maximum atomic E-state index is 8.84. The predicted molar refractivity (Wildman–Crippen MR) is 39.2 cm³/mol. The lowest BCUT2D eigenvalue weighted by atomic mass is 10.2. The Kier molecular flexibility index (Phi) is 1.76. The number of hydrogen-bond acceptors (Lipinski definition) is 1. The third-order valence-electron chi connectivity index (χ3n) is 0.980. The molecule has 0 amide bonds. The summed E-state index contributed by atoms with van der Waals surface area (Å²) in [6, 6.07) is 4.76. The van der Waals surface area contributed by atoms with Crippen molar-refractivity contribution in [2.75, 3.05) is 0 Å². The lowest BCUT2D eigenvalue weighted by molar-refractivity contribution is 0.475. The first-order valence-electron chi connectivity index (χ1n) is 2.44. The Morgan fingerprint density at radius 3 is 2.56 bits per heavy atom. The summed E-state index contributed by atoms with van der Waals surface area (Å²) < 4.78 is 0.806. The van der Waals surface area contributed by atoms with E-state index < -0.39 is 0 Å². The molecular formula is C7H5BrO. The standard InChI is InChI=1S/C7H5BrO/c1-5-4-6(9)2-3-7(5)8/h1-4,9H. The van der Waals surface area contributed by atoms with Crippen molar-refractivity contribution in [2.24, 2.45) is 0 Å². The lowest BCUT2D eigenvalue weighted by Gasteiger charge is -1.95. The van der Waals surface area contributed by atoms with Gasteiger partial charge in [0, 0.05) is 11.4 Å². The van der Waals surface area contributed by atoms with Crippen LogP contribution in [0, 0.1) is 6.92 Å². The molecular weight excluding hydrogens is 180 g/mol. The molecule has 0 aromatic heterocycles. The van der Waals surface area contributed by atoms with Crippen LogP contribution in [0.25, 0.3) is 0 Å². The molecule has 0 aliphatic rings. The number of halogens is 1. The van der Waals surface area contributed by atoms with Gasteiger partial charge < -0.3 is 5.11 Å². The first kappa shape index (κ1) is 6.62. The second-order valence-electron chi connectivity index (χ2n) is 1.71. The minimum Gasteiger partial charge on any atom is -0.508 e. The van der Waals surface area contributed by atoms with Crippen molar-refractivity contribution in [1.29, 1.82) is 0 Å². The molecule has 1 aromatic rings. The van der Waals surface area contributed by atoms with E-state index in [0.717, 1.165) is 4.47 Å². The molecule has 1 N–H and O–H groups in total. The van der Waals surface area contributed by atoms with Gasteiger partial charge in [-0.1, -0.05) is 15.9 Å². The molecule has 2 radical (unpaired) electrons. The zero-order valence-corrected chi connectivity index (χ0v) is 6.22. The van der Waals surface area contributed by atoms with Gasteiger partial charge >= 0.3 is 0 Å². The van der Waals surface area contributed by atoms with Crippen LogP contribution < -0.4 is 0 Å². The summed E-state index contributed by atoms with van der Waals surface area (Å²) in [6.45, 7) is 5.41. The number of rotatable bonds is 0. The smallest absolute Gasteiger partial charge is 0.115 e. The van der Waals surface area contributed by atoms with Crippen molar-refractivity contribution in [3.63, 3.8) is 0 Å². The summed E-state index contributed by atoms with van der Waals surface area (Å²) in [4.78, 5) is 0. The molecule has 0 atom stereocenters. The Hall–Kier alpha value is -0.500. The number of benzene rings is 1. The second-order valence-corrected chi connectivity index (χ2v) is 2.56. The quantitative estimate of drug-likeness (QED) is 0.656.